The highest BCUT2D eigenvalue weighted by Gasteiger charge is 2.15. The molecule has 0 aliphatic rings. The van der Waals surface area contributed by atoms with Crippen LogP contribution in [0.4, 0.5) is 0 Å². The Morgan fingerprint density at radius 2 is 1.62 bits per heavy atom. The van der Waals surface area contributed by atoms with Crippen LogP contribution in [0.25, 0.3) is 0 Å². The third-order valence-corrected chi connectivity index (χ3v) is 5.40. The quantitative estimate of drug-likeness (QED) is 0.432. The predicted molar refractivity (Wildman–Crippen MR) is 97.4 cm³/mol. The molecular formula is C19H35NS. The van der Waals surface area contributed by atoms with Gasteiger partial charge in [-0.15, -0.1) is 11.3 Å². The van der Waals surface area contributed by atoms with Crippen LogP contribution in [-0.2, 0) is 0 Å². The van der Waals surface area contributed by atoms with Crippen molar-refractivity contribution in [3.8, 4) is 0 Å². The van der Waals surface area contributed by atoms with E-state index in [2.05, 4.69) is 39.1 Å². The SMILES string of the molecule is CCCCCCCCCC(NCCC)c1sc(C)cc1C. The van der Waals surface area contributed by atoms with Gasteiger partial charge in [0.05, 0.1) is 0 Å². The fourth-order valence-corrected chi connectivity index (χ4v) is 4.10. The molecule has 1 aromatic rings. The van der Waals surface area contributed by atoms with Crippen LogP contribution >= 0.6 is 11.3 Å². The number of aryl methyl sites for hydroxylation is 2. The molecule has 21 heavy (non-hydrogen) atoms. The molecule has 0 spiro atoms. The van der Waals surface area contributed by atoms with Crippen molar-refractivity contribution in [3.63, 3.8) is 0 Å². The molecule has 1 rings (SSSR count). The zero-order chi connectivity index (χ0) is 15.5. The second kappa shape index (κ2) is 11.3. The van der Waals surface area contributed by atoms with Gasteiger partial charge in [0.2, 0.25) is 0 Å². The first-order chi connectivity index (χ1) is 10.2. The van der Waals surface area contributed by atoms with Crippen molar-refractivity contribution in [3.05, 3.63) is 21.4 Å². The van der Waals surface area contributed by atoms with Gasteiger partial charge in [-0.3, -0.25) is 0 Å². The van der Waals surface area contributed by atoms with E-state index in [0.29, 0.717) is 6.04 Å². The van der Waals surface area contributed by atoms with Gasteiger partial charge in [0.15, 0.2) is 0 Å². The molecule has 1 aromatic heterocycles. The summed E-state index contributed by atoms with van der Waals surface area (Å²) in [5, 5.41) is 3.76. The van der Waals surface area contributed by atoms with Crippen LogP contribution in [0, 0.1) is 13.8 Å². The number of rotatable bonds is 12. The lowest BCUT2D eigenvalue weighted by atomic mass is 10.0. The number of thiophene rings is 1. The molecule has 1 nitrogen and oxygen atoms in total. The molecule has 0 amide bonds. The average Bonchev–Trinajstić information content (AvgIpc) is 2.80. The first-order valence-corrected chi connectivity index (χ1v) is 9.81. The van der Waals surface area contributed by atoms with Crippen LogP contribution in [0.1, 0.15) is 93.0 Å². The zero-order valence-electron chi connectivity index (χ0n) is 14.6. The maximum absolute atomic E-state index is 3.76. The van der Waals surface area contributed by atoms with Gasteiger partial charge in [-0.05, 0) is 44.9 Å². The summed E-state index contributed by atoms with van der Waals surface area (Å²) in [7, 11) is 0. The fraction of sp³-hybridized carbons (Fsp3) is 0.789. The first-order valence-electron chi connectivity index (χ1n) is 8.99. The number of nitrogens with one attached hydrogen (secondary N) is 1. The van der Waals surface area contributed by atoms with Crippen molar-refractivity contribution in [1.29, 1.82) is 0 Å². The highest BCUT2D eigenvalue weighted by molar-refractivity contribution is 7.12. The van der Waals surface area contributed by atoms with Crippen LogP contribution in [0.3, 0.4) is 0 Å². The van der Waals surface area contributed by atoms with E-state index in [1.165, 1.54) is 68.2 Å². The summed E-state index contributed by atoms with van der Waals surface area (Å²) in [6.07, 6.45) is 12.3. The fourth-order valence-electron chi connectivity index (χ4n) is 2.96. The lowest BCUT2D eigenvalue weighted by Crippen LogP contribution is -2.21. The van der Waals surface area contributed by atoms with E-state index in [1.807, 2.05) is 11.3 Å². The summed E-state index contributed by atoms with van der Waals surface area (Å²) in [4.78, 5) is 3.03. The summed E-state index contributed by atoms with van der Waals surface area (Å²) in [6, 6.07) is 2.92. The second-order valence-corrected chi connectivity index (χ2v) is 7.61. The summed E-state index contributed by atoms with van der Waals surface area (Å²) in [5.74, 6) is 0. The normalized spacial score (nSPS) is 12.8. The largest absolute Gasteiger partial charge is 0.309 e. The molecule has 122 valence electrons. The van der Waals surface area contributed by atoms with E-state index in [1.54, 1.807) is 4.88 Å². The minimum atomic E-state index is 0.583. The number of hydrogen-bond acceptors (Lipinski definition) is 2. The average molecular weight is 310 g/mol. The van der Waals surface area contributed by atoms with Gasteiger partial charge in [-0.2, -0.15) is 0 Å². The molecule has 0 aliphatic heterocycles. The molecule has 1 N–H and O–H groups in total. The lowest BCUT2D eigenvalue weighted by Gasteiger charge is -2.18. The van der Waals surface area contributed by atoms with E-state index in [0.717, 1.165) is 6.54 Å². The Morgan fingerprint density at radius 1 is 0.952 bits per heavy atom. The maximum Gasteiger partial charge on any atom is 0.0417 e. The summed E-state index contributed by atoms with van der Waals surface area (Å²) in [5.41, 5.74) is 1.48. The van der Waals surface area contributed by atoms with Crippen molar-refractivity contribution < 1.29 is 0 Å². The third kappa shape index (κ3) is 7.46. The highest BCUT2D eigenvalue weighted by Crippen LogP contribution is 2.30. The van der Waals surface area contributed by atoms with Gasteiger partial charge in [-0.25, -0.2) is 0 Å². The molecule has 0 aromatic carbocycles. The Morgan fingerprint density at radius 3 is 2.19 bits per heavy atom. The van der Waals surface area contributed by atoms with Gasteiger partial charge in [0, 0.05) is 15.8 Å². The van der Waals surface area contributed by atoms with E-state index >= 15 is 0 Å². The lowest BCUT2D eigenvalue weighted by molar-refractivity contribution is 0.469. The Kier molecular flexibility index (Phi) is 10.0. The molecule has 1 atom stereocenters. The standard InChI is InChI=1S/C19H35NS/c1-5-7-8-9-10-11-12-13-18(20-14-6-2)19-16(3)15-17(4)21-19/h15,18,20H,5-14H2,1-4H3. The predicted octanol–water partition coefficient (Wildman–Crippen LogP) is 6.55. The van der Waals surface area contributed by atoms with Crippen molar-refractivity contribution in [2.24, 2.45) is 0 Å². The van der Waals surface area contributed by atoms with Crippen molar-refractivity contribution in [2.75, 3.05) is 6.54 Å². The molecule has 0 radical (unpaired) electrons. The van der Waals surface area contributed by atoms with E-state index in [4.69, 9.17) is 0 Å². The van der Waals surface area contributed by atoms with E-state index < -0.39 is 0 Å². The van der Waals surface area contributed by atoms with E-state index in [-0.39, 0.29) is 0 Å². The van der Waals surface area contributed by atoms with Gasteiger partial charge >= 0.3 is 0 Å². The van der Waals surface area contributed by atoms with Crippen molar-refractivity contribution in [1.82, 2.24) is 5.32 Å². The first kappa shape index (κ1) is 18.7. The van der Waals surface area contributed by atoms with Crippen LogP contribution < -0.4 is 5.32 Å². The smallest absolute Gasteiger partial charge is 0.0417 e. The molecule has 2 heteroatoms. The van der Waals surface area contributed by atoms with Crippen molar-refractivity contribution >= 4 is 11.3 Å². The molecule has 0 bridgehead atoms. The topological polar surface area (TPSA) is 12.0 Å². The van der Waals surface area contributed by atoms with E-state index in [9.17, 15) is 0 Å². The Labute approximate surface area is 136 Å². The molecular weight excluding hydrogens is 274 g/mol. The molecule has 1 heterocycles. The van der Waals surface area contributed by atoms with Gasteiger partial charge in [0.1, 0.15) is 0 Å². The minimum Gasteiger partial charge on any atom is -0.309 e. The molecule has 1 unspecified atom stereocenters. The van der Waals surface area contributed by atoms with Crippen molar-refractivity contribution in [2.45, 2.75) is 91.5 Å². The Hall–Kier alpha value is -0.340. The highest BCUT2D eigenvalue weighted by atomic mass is 32.1. The number of hydrogen-bond donors (Lipinski definition) is 1. The molecule has 0 aliphatic carbocycles. The van der Waals surface area contributed by atoms with Crippen LogP contribution in [-0.4, -0.2) is 6.54 Å². The van der Waals surface area contributed by atoms with Crippen LogP contribution in [0.15, 0.2) is 6.07 Å². The third-order valence-electron chi connectivity index (χ3n) is 4.13. The van der Waals surface area contributed by atoms with Crippen LogP contribution in [0.2, 0.25) is 0 Å². The van der Waals surface area contributed by atoms with Gasteiger partial charge in [-0.1, -0.05) is 58.8 Å². The van der Waals surface area contributed by atoms with Gasteiger partial charge in [0.25, 0.3) is 0 Å². The van der Waals surface area contributed by atoms with Crippen LogP contribution in [0.5, 0.6) is 0 Å². The maximum atomic E-state index is 3.76. The summed E-state index contributed by atoms with van der Waals surface area (Å²) >= 11 is 1.99. The monoisotopic (exact) mass is 309 g/mol. The molecule has 0 fully saturated rings. The zero-order valence-corrected chi connectivity index (χ0v) is 15.5. The minimum absolute atomic E-state index is 0.583. The summed E-state index contributed by atoms with van der Waals surface area (Å²) in [6.45, 7) is 10.2. The second-order valence-electron chi connectivity index (χ2n) is 6.32. The molecule has 0 saturated heterocycles. The summed E-state index contributed by atoms with van der Waals surface area (Å²) < 4.78 is 0. The Balaban J connectivity index is 2.35. The van der Waals surface area contributed by atoms with Gasteiger partial charge < -0.3 is 5.32 Å². The molecule has 0 saturated carbocycles. The number of unbranched alkanes of at least 4 members (excludes halogenated alkanes) is 6. The Bertz CT molecular complexity index is 370.